The predicted molar refractivity (Wildman–Crippen MR) is 103 cm³/mol. The Balaban J connectivity index is 1.48. The van der Waals surface area contributed by atoms with Crippen LogP contribution in [0.15, 0.2) is 27.5 Å². The first-order valence-electron chi connectivity index (χ1n) is 9.59. The standard InChI is InChI=1S/C20H26N4O4/c1-13-5-7-16(28-13)10-22-18(25)8-6-15-4-3-9-24(12-15)20(27)17-11-21-14(2)23-19(17)26/h5,7,11,15H,3-4,6,8-10,12H2,1-2H3,(H,22,25)(H,21,23,26)/t15-/m0/s1. The van der Waals surface area contributed by atoms with Gasteiger partial charge in [0.1, 0.15) is 22.9 Å². The molecule has 3 rings (SSSR count). The van der Waals surface area contributed by atoms with Gasteiger partial charge in [0, 0.05) is 25.7 Å². The molecule has 2 aromatic rings. The highest BCUT2D eigenvalue weighted by atomic mass is 16.3. The van der Waals surface area contributed by atoms with Gasteiger partial charge in [-0.15, -0.1) is 0 Å². The van der Waals surface area contributed by atoms with E-state index in [2.05, 4.69) is 15.3 Å². The number of hydrogen-bond donors (Lipinski definition) is 2. The van der Waals surface area contributed by atoms with Crippen molar-refractivity contribution in [3.63, 3.8) is 0 Å². The van der Waals surface area contributed by atoms with Crippen molar-refractivity contribution in [1.29, 1.82) is 0 Å². The fourth-order valence-electron chi connectivity index (χ4n) is 3.48. The second kappa shape index (κ2) is 8.86. The molecule has 1 fully saturated rings. The van der Waals surface area contributed by atoms with E-state index in [0.717, 1.165) is 24.4 Å². The second-order valence-electron chi connectivity index (χ2n) is 7.30. The lowest BCUT2D eigenvalue weighted by atomic mass is 9.93. The van der Waals surface area contributed by atoms with Crippen molar-refractivity contribution >= 4 is 11.8 Å². The number of likely N-dealkylation sites (tertiary alicyclic amines) is 1. The minimum absolute atomic E-state index is 0.0308. The third-order valence-corrected chi connectivity index (χ3v) is 5.00. The number of rotatable bonds is 6. The van der Waals surface area contributed by atoms with E-state index in [4.69, 9.17) is 4.42 Å². The highest BCUT2D eigenvalue weighted by molar-refractivity contribution is 5.93. The molecule has 2 aromatic heterocycles. The maximum absolute atomic E-state index is 12.7. The average Bonchev–Trinajstić information content (AvgIpc) is 3.10. The number of carbonyl (C=O) groups excluding carboxylic acids is 2. The smallest absolute Gasteiger partial charge is 0.263 e. The lowest BCUT2D eigenvalue weighted by Gasteiger charge is -2.32. The molecule has 1 saturated heterocycles. The van der Waals surface area contributed by atoms with Gasteiger partial charge in [-0.3, -0.25) is 14.4 Å². The summed E-state index contributed by atoms with van der Waals surface area (Å²) in [4.78, 5) is 45.0. The Hall–Kier alpha value is -2.90. The summed E-state index contributed by atoms with van der Waals surface area (Å²) >= 11 is 0. The van der Waals surface area contributed by atoms with E-state index in [-0.39, 0.29) is 23.3 Å². The fraction of sp³-hybridized carbons (Fsp3) is 0.500. The van der Waals surface area contributed by atoms with Crippen LogP contribution in [0.1, 0.15) is 53.4 Å². The minimum atomic E-state index is -0.410. The maximum atomic E-state index is 12.7. The zero-order valence-corrected chi connectivity index (χ0v) is 16.3. The topological polar surface area (TPSA) is 108 Å². The molecule has 0 bridgehead atoms. The van der Waals surface area contributed by atoms with Crippen LogP contribution >= 0.6 is 0 Å². The van der Waals surface area contributed by atoms with Crippen molar-refractivity contribution in [3.8, 4) is 0 Å². The number of carbonyl (C=O) groups is 2. The van der Waals surface area contributed by atoms with Crippen molar-refractivity contribution in [3.05, 3.63) is 51.6 Å². The van der Waals surface area contributed by atoms with Crippen LogP contribution in [0.5, 0.6) is 0 Å². The highest BCUT2D eigenvalue weighted by Gasteiger charge is 2.26. The summed E-state index contributed by atoms with van der Waals surface area (Å²) in [6.45, 7) is 5.08. The number of aromatic nitrogens is 2. The van der Waals surface area contributed by atoms with Crippen molar-refractivity contribution in [2.24, 2.45) is 5.92 Å². The number of piperidine rings is 1. The Kier molecular flexibility index (Phi) is 6.28. The van der Waals surface area contributed by atoms with Gasteiger partial charge in [-0.25, -0.2) is 4.98 Å². The van der Waals surface area contributed by atoms with Gasteiger partial charge in [0.2, 0.25) is 5.91 Å². The molecule has 1 atom stereocenters. The van der Waals surface area contributed by atoms with E-state index in [9.17, 15) is 14.4 Å². The molecular weight excluding hydrogens is 360 g/mol. The summed E-state index contributed by atoms with van der Waals surface area (Å²) < 4.78 is 5.44. The SMILES string of the molecule is Cc1ncc(C(=O)N2CCC[C@@H](CCC(=O)NCc3ccc(C)o3)C2)c(=O)[nH]1. The van der Waals surface area contributed by atoms with Gasteiger partial charge in [-0.05, 0) is 51.2 Å². The number of furan rings is 1. The number of nitrogens with zero attached hydrogens (tertiary/aromatic N) is 2. The summed E-state index contributed by atoms with van der Waals surface area (Å²) in [6, 6.07) is 3.71. The van der Waals surface area contributed by atoms with Gasteiger partial charge >= 0.3 is 0 Å². The number of hydrogen-bond acceptors (Lipinski definition) is 5. The highest BCUT2D eigenvalue weighted by Crippen LogP contribution is 2.22. The molecule has 0 saturated carbocycles. The fourth-order valence-corrected chi connectivity index (χ4v) is 3.48. The van der Waals surface area contributed by atoms with Crippen LogP contribution < -0.4 is 10.9 Å². The Morgan fingerprint density at radius 1 is 1.36 bits per heavy atom. The minimum Gasteiger partial charge on any atom is -0.465 e. The van der Waals surface area contributed by atoms with Crippen LogP contribution in [0, 0.1) is 19.8 Å². The van der Waals surface area contributed by atoms with Crippen LogP contribution in [0.2, 0.25) is 0 Å². The van der Waals surface area contributed by atoms with E-state index in [0.29, 0.717) is 38.3 Å². The van der Waals surface area contributed by atoms with Crippen molar-refractivity contribution in [2.75, 3.05) is 13.1 Å². The second-order valence-corrected chi connectivity index (χ2v) is 7.30. The van der Waals surface area contributed by atoms with Crippen LogP contribution in [0.3, 0.4) is 0 Å². The molecule has 2 amide bonds. The Morgan fingerprint density at radius 3 is 2.89 bits per heavy atom. The van der Waals surface area contributed by atoms with E-state index >= 15 is 0 Å². The van der Waals surface area contributed by atoms with Gasteiger partial charge in [-0.1, -0.05) is 0 Å². The lowest BCUT2D eigenvalue weighted by molar-refractivity contribution is -0.121. The normalized spacial score (nSPS) is 16.8. The van der Waals surface area contributed by atoms with Gasteiger partial charge < -0.3 is 19.6 Å². The number of aryl methyl sites for hydroxylation is 2. The average molecular weight is 386 g/mol. The number of nitrogens with one attached hydrogen (secondary N) is 2. The van der Waals surface area contributed by atoms with Gasteiger partial charge in [0.15, 0.2) is 0 Å². The zero-order chi connectivity index (χ0) is 20.1. The number of aromatic amines is 1. The Morgan fingerprint density at radius 2 is 2.18 bits per heavy atom. The quantitative estimate of drug-likeness (QED) is 0.789. The predicted octanol–water partition coefficient (Wildman–Crippen LogP) is 1.93. The first kappa shape index (κ1) is 19.9. The number of amides is 2. The largest absolute Gasteiger partial charge is 0.465 e. The monoisotopic (exact) mass is 386 g/mol. The molecule has 2 N–H and O–H groups in total. The van der Waals surface area contributed by atoms with Crippen LogP contribution in [-0.4, -0.2) is 39.8 Å². The Bertz CT molecular complexity index is 902. The molecular formula is C20H26N4O4. The molecule has 3 heterocycles. The van der Waals surface area contributed by atoms with E-state index in [1.165, 1.54) is 6.20 Å². The first-order chi connectivity index (χ1) is 13.4. The van der Waals surface area contributed by atoms with Crippen molar-refractivity contribution in [2.45, 2.75) is 46.1 Å². The van der Waals surface area contributed by atoms with Crippen LogP contribution in [0.25, 0.3) is 0 Å². The molecule has 8 nitrogen and oxygen atoms in total. The molecule has 1 aliphatic rings. The molecule has 28 heavy (non-hydrogen) atoms. The molecule has 0 radical (unpaired) electrons. The molecule has 0 aliphatic carbocycles. The summed E-state index contributed by atoms with van der Waals surface area (Å²) in [5.74, 6) is 1.95. The Labute approximate surface area is 163 Å². The third-order valence-electron chi connectivity index (χ3n) is 5.00. The maximum Gasteiger partial charge on any atom is 0.263 e. The zero-order valence-electron chi connectivity index (χ0n) is 16.3. The summed E-state index contributed by atoms with van der Waals surface area (Å²) in [7, 11) is 0. The van der Waals surface area contributed by atoms with E-state index < -0.39 is 5.56 Å². The summed E-state index contributed by atoms with van der Waals surface area (Å²) in [6.07, 6.45) is 4.27. The molecule has 8 heteroatoms. The molecule has 0 spiro atoms. The summed E-state index contributed by atoms with van der Waals surface area (Å²) in [5.41, 5.74) is -0.343. The number of H-pyrrole nitrogens is 1. The van der Waals surface area contributed by atoms with Crippen molar-refractivity contribution < 1.29 is 14.0 Å². The lowest BCUT2D eigenvalue weighted by Crippen LogP contribution is -2.42. The molecule has 0 aromatic carbocycles. The van der Waals surface area contributed by atoms with E-state index in [1.54, 1.807) is 11.8 Å². The molecule has 0 unspecified atom stereocenters. The first-order valence-corrected chi connectivity index (χ1v) is 9.59. The van der Waals surface area contributed by atoms with Crippen LogP contribution in [0.4, 0.5) is 0 Å². The molecule has 1 aliphatic heterocycles. The molecule has 150 valence electrons. The summed E-state index contributed by atoms with van der Waals surface area (Å²) in [5, 5.41) is 2.86. The van der Waals surface area contributed by atoms with Crippen LogP contribution in [-0.2, 0) is 11.3 Å². The van der Waals surface area contributed by atoms with Gasteiger partial charge in [-0.2, -0.15) is 0 Å². The van der Waals surface area contributed by atoms with E-state index in [1.807, 2.05) is 19.1 Å². The third kappa shape index (κ3) is 5.09. The van der Waals surface area contributed by atoms with Gasteiger partial charge in [0.05, 0.1) is 6.54 Å². The van der Waals surface area contributed by atoms with Gasteiger partial charge in [0.25, 0.3) is 11.5 Å². The van der Waals surface area contributed by atoms with Crippen molar-refractivity contribution in [1.82, 2.24) is 20.2 Å².